The van der Waals surface area contributed by atoms with E-state index in [0.29, 0.717) is 23.5 Å². The summed E-state index contributed by atoms with van der Waals surface area (Å²) < 4.78 is 43.1. The van der Waals surface area contributed by atoms with E-state index in [1.807, 2.05) is 6.92 Å². The number of hydrogen-bond donors (Lipinski definition) is 1. The number of hydrogen-bond acceptors (Lipinski definition) is 6. The van der Waals surface area contributed by atoms with Crippen LogP contribution in [0, 0.1) is 12.7 Å². The molecule has 0 unspecified atom stereocenters. The van der Waals surface area contributed by atoms with Crippen molar-refractivity contribution in [1.29, 1.82) is 0 Å². The fraction of sp³-hybridized carbons (Fsp3) is 0.438. The summed E-state index contributed by atoms with van der Waals surface area (Å²) in [5, 5.41) is 9.65. The topological polar surface area (TPSA) is 72.9 Å². The number of aromatic nitrogens is 4. The van der Waals surface area contributed by atoms with E-state index < -0.39 is 12.0 Å². The summed E-state index contributed by atoms with van der Waals surface area (Å²) in [6.07, 6.45) is -0.344. The lowest BCUT2D eigenvalue weighted by molar-refractivity contribution is -0.0395. The van der Waals surface area contributed by atoms with Crippen LogP contribution in [0.1, 0.15) is 16.4 Å². The number of fused-ring (bicyclic) bond motifs is 1. The van der Waals surface area contributed by atoms with Crippen LogP contribution >= 0.6 is 11.3 Å². The van der Waals surface area contributed by atoms with Gasteiger partial charge in [-0.1, -0.05) is 11.3 Å². The van der Waals surface area contributed by atoms with Crippen molar-refractivity contribution >= 4 is 28.3 Å². The molecule has 1 aromatic carbocycles. The summed E-state index contributed by atoms with van der Waals surface area (Å²) in [5.74, 6) is -2.79. The monoisotopic (exact) mass is 382 g/mol. The number of alkyl halides is 2. The van der Waals surface area contributed by atoms with Crippen LogP contribution in [0.2, 0.25) is 0 Å². The van der Waals surface area contributed by atoms with Crippen molar-refractivity contribution < 1.29 is 13.2 Å². The molecule has 1 atom stereocenters. The molecule has 26 heavy (non-hydrogen) atoms. The molecule has 0 aliphatic carbocycles. The fourth-order valence-corrected chi connectivity index (χ4v) is 3.83. The largest absolute Gasteiger partial charge is 0.340 e. The first-order valence-corrected chi connectivity index (χ1v) is 8.98. The fourth-order valence-electron chi connectivity index (χ4n) is 3.13. The molecule has 10 heteroatoms. The average molecular weight is 382 g/mol. The molecule has 1 aliphatic heterocycles. The molecule has 0 saturated carbocycles. The minimum absolute atomic E-state index is 0.0199. The van der Waals surface area contributed by atoms with Crippen molar-refractivity contribution in [3.63, 3.8) is 0 Å². The van der Waals surface area contributed by atoms with E-state index >= 15 is 0 Å². The van der Waals surface area contributed by atoms with Gasteiger partial charge in [-0.05, 0) is 25.1 Å². The van der Waals surface area contributed by atoms with Crippen molar-refractivity contribution in [2.45, 2.75) is 31.9 Å². The quantitative estimate of drug-likeness (QED) is 0.754. The summed E-state index contributed by atoms with van der Waals surface area (Å²) in [5.41, 5.74) is 6.83. The highest BCUT2D eigenvalue weighted by Gasteiger charge is 2.42. The Morgan fingerprint density at radius 2 is 2.15 bits per heavy atom. The van der Waals surface area contributed by atoms with Gasteiger partial charge in [-0.25, -0.2) is 18.2 Å². The molecule has 1 fully saturated rings. The van der Waals surface area contributed by atoms with E-state index in [4.69, 9.17) is 5.73 Å². The zero-order valence-electron chi connectivity index (χ0n) is 14.0. The van der Waals surface area contributed by atoms with E-state index in [2.05, 4.69) is 15.2 Å². The summed E-state index contributed by atoms with van der Waals surface area (Å²) in [4.78, 5) is 6.27. The van der Waals surface area contributed by atoms with Gasteiger partial charge in [-0.15, -0.1) is 10.2 Å². The highest BCUT2D eigenvalue weighted by Crippen LogP contribution is 2.32. The lowest BCUT2D eigenvalue weighted by Gasteiger charge is -2.37. The van der Waals surface area contributed by atoms with Crippen molar-refractivity contribution in [2.24, 2.45) is 5.73 Å². The Balaban J connectivity index is 1.77. The van der Waals surface area contributed by atoms with Crippen LogP contribution in [0.5, 0.6) is 0 Å². The maximum Gasteiger partial charge on any atom is 0.266 e. The van der Waals surface area contributed by atoms with Crippen molar-refractivity contribution in [1.82, 2.24) is 19.7 Å². The van der Waals surface area contributed by atoms with Crippen molar-refractivity contribution in [3.8, 4) is 0 Å². The van der Waals surface area contributed by atoms with Crippen LogP contribution in [-0.4, -0.2) is 44.8 Å². The van der Waals surface area contributed by atoms with Crippen LogP contribution in [-0.2, 0) is 6.54 Å². The first kappa shape index (κ1) is 17.2. The molecule has 3 aromatic rings. The summed E-state index contributed by atoms with van der Waals surface area (Å²) in [6.45, 7) is 2.29. The van der Waals surface area contributed by atoms with E-state index in [0.717, 1.165) is 10.0 Å². The third-order valence-electron chi connectivity index (χ3n) is 4.51. The molecule has 0 bridgehead atoms. The van der Waals surface area contributed by atoms with Gasteiger partial charge in [-0.2, -0.15) is 0 Å². The SMILES string of the molecule is Cc1nnc(Cn2c(N3CCC(F)(F)[C@H](N)C3)nc3ccc(F)cc32)s1. The first-order valence-electron chi connectivity index (χ1n) is 8.16. The Bertz CT molecular complexity index is 953. The smallest absolute Gasteiger partial charge is 0.266 e. The summed E-state index contributed by atoms with van der Waals surface area (Å²) in [6, 6.07) is 3.02. The van der Waals surface area contributed by atoms with Gasteiger partial charge in [0.1, 0.15) is 15.8 Å². The third kappa shape index (κ3) is 3.03. The molecule has 138 valence electrons. The Morgan fingerprint density at radius 3 is 2.85 bits per heavy atom. The van der Waals surface area contributed by atoms with Gasteiger partial charge in [0.25, 0.3) is 5.92 Å². The highest BCUT2D eigenvalue weighted by atomic mass is 32.1. The molecule has 1 aliphatic rings. The zero-order chi connectivity index (χ0) is 18.5. The van der Waals surface area contributed by atoms with E-state index in [1.165, 1.54) is 23.5 Å². The van der Waals surface area contributed by atoms with Crippen molar-refractivity contribution in [2.75, 3.05) is 18.0 Å². The minimum atomic E-state index is -2.89. The highest BCUT2D eigenvalue weighted by molar-refractivity contribution is 7.11. The number of halogens is 3. The molecule has 4 rings (SSSR count). The number of nitrogens with zero attached hydrogens (tertiary/aromatic N) is 5. The van der Waals surface area contributed by atoms with Gasteiger partial charge in [0.2, 0.25) is 5.95 Å². The Hall–Kier alpha value is -2.20. The molecule has 0 radical (unpaired) electrons. The second kappa shape index (κ2) is 6.20. The molecule has 0 amide bonds. The molecule has 2 aromatic heterocycles. The molecular formula is C16H17F3N6S. The number of anilines is 1. The van der Waals surface area contributed by atoms with Crippen LogP contribution in [0.3, 0.4) is 0 Å². The number of nitrogens with two attached hydrogens (primary N) is 1. The van der Waals surface area contributed by atoms with Gasteiger partial charge in [0, 0.05) is 19.5 Å². The van der Waals surface area contributed by atoms with Crippen LogP contribution in [0.25, 0.3) is 11.0 Å². The standard InChI is InChI=1S/C16H17F3N6S/c1-9-22-23-14(26-9)8-25-12-6-10(17)2-3-11(12)21-15(25)24-5-4-16(18,19)13(20)7-24/h2-3,6,13H,4-5,7-8,20H2,1H3/t13-/m1/s1. The first-order chi connectivity index (χ1) is 12.3. The number of piperidine rings is 1. The molecule has 0 spiro atoms. The Morgan fingerprint density at radius 1 is 1.35 bits per heavy atom. The average Bonchev–Trinajstić information content (AvgIpc) is 3.14. The second-order valence-electron chi connectivity index (χ2n) is 6.41. The second-order valence-corrected chi connectivity index (χ2v) is 7.68. The number of imidazole rings is 1. The maximum atomic E-state index is 13.8. The Labute approximate surface area is 151 Å². The maximum absolute atomic E-state index is 13.8. The third-order valence-corrected chi connectivity index (χ3v) is 5.33. The number of aryl methyl sites for hydroxylation is 1. The van der Waals surface area contributed by atoms with E-state index in [-0.39, 0.29) is 25.3 Å². The predicted octanol–water partition coefficient (Wildman–Crippen LogP) is 2.56. The van der Waals surface area contributed by atoms with Crippen LogP contribution < -0.4 is 10.6 Å². The lowest BCUT2D eigenvalue weighted by Crippen LogP contribution is -2.55. The molecular weight excluding hydrogens is 365 g/mol. The summed E-state index contributed by atoms with van der Waals surface area (Å²) in [7, 11) is 0. The van der Waals surface area contributed by atoms with E-state index in [9.17, 15) is 13.2 Å². The minimum Gasteiger partial charge on any atom is -0.340 e. The Kier molecular flexibility index (Phi) is 4.11. The summed E-state index contributed by atoms with van der Waals surface area (Å²) >= 11 is 1.43. The molecule has 1 saturated heterocycles. The lowest BCUT2D eigenvalue weighted by atomic mass is 10.0. The van der Waals surface area contributed by atoms with Gasteiger partial charge >= 0.3 is 0 Å². The van der Waals surface area contributed by atoms with E-state index in [1.54, 1.807) is 15.5 Å². The van der Waals surface area contributed by atoms with Gasteiger partial charge in [-0.3, -0.25) is 0 Å². The normalized spacial score (nSPS) is 20.0. The zero-order valence-corrected chi connectivity index (χ0v) is 14.8. The molecule has 2 N–H and O–H groups in total. The van der Waals surface area contributed by atoms with Crippen LogP contribution in [0.15, 0.2) is 18.2 Å². The van der Waals surface area contributed by atoms with Gasteiger partial charge in [0.05, 0.1) is 23.6 Å². The van der Waals surface area contributed by atoms with Crippen LogP contribution in [0.4, 0.5) is 19.1 Å². The predicted molar refractivity (Wildman–Crippen MR) is 93.2 cm³/mol. The number of benzene rings is 1. The van der Waals surface area contributed by atoms with Crippen molar-refractivity contribution in [3.05, 3.63) is 34.0 Å². The molecule has 6 nitrogen and oxygen atoms in total. The van der Waals surface area contributed by atoms with Gasteiger partial charge < -0.3 is 15.2 Å². The number of rotatable bonds is 3. The van der Waals surface area contributed by atoms with Gasteiger partial charge in [0.15, 0.2) is 0 Å². The molecule has 3 heterocycles.